The van der Waals surface area contributed by atoms with E-state index in [0.717, 1.165) is 17.8 Å². The molecule has 0 aromatic heterocycles. The van der Waals surface area contributed by atoms with Gasteiger partial charge in [-0.15, -0.1) is 0 Å². The molecule has 0 atom stereocenters. The summed E-state index contributed by atoms with van der Waals surface area (Å²) in [5.74, 6) is 0.449. The molecule has 0 fully saturated rings. The molecule has 6 heteroatoms. The standard InChI is InChI=1S/C26H26F3NO.Li/c1-16(2)22-6-5-7-23(17(3)4)25(22)30-15-20-9-8-19(14-24(20)31)18-10-12-21(13-11-18)26(27,28)29;/h5-17,31H,1-4H3;/q;+1. The van der Waals surface area contributed by atoms with Crippen molar-refractivity contribution in [1.82, 2.24) is 0 Å². The zero-order valence-corrected chi connectivity index (χ0v) is 19.0. The molecule has 0 saturated carbocycles. The molecular formula is C26H26F3LiNO+. The van der Waals surface area contributed by atoms with Gasteiger partial charge in [-0.2, -0.15) is 13.2 Å². The second-order valence-corrected chi connectivity index (χ2v) is 8.24. The van der Waals surface area contributed by atoms with Crippen LogP contribution in [0.2, 0.25) is 0 Å². The Bertz CT molecular complexity index is 1060. The van der Waals surface area contributed by atoms with Crippen LogP contribution in [0, 0.1) is 0 Å². The van der Waals surface area contributed by atoms with Crippen LogP contribution < -0.4 is 29.0 Å². The maximum Gasteiger partial charge on any atom is 1.00 e. The van der Waals surface area contributed by atoms with Gasteiger partial charge >= 0.3 is 25.0 Å². The molecule has 0 aliphatic heterocycles. The maximum atomic E-state index is 12.8. The van der Waals surface area contributed by atoms with E-state index < -0.39 is 11.7 Å². The fourth-order valence-corrected chi connectivity index (χ4v) is 3.55. The third-order valence-corrected chi connectivity index (χ3v) is 5.30. The van der Waals surface area contributed by atoms with E-state index in [1.54, 1.807) is 18.3 Å². The van der Waals surface area contributed by atoms with Crippen molar-refractivity contribution in [3.05, 3.63) is 82.9 Å². The van der Waals surface area contributed by atoms with Crippen molar-refractivity contribution in [2.75, 3.05) is 0 Å². The Kier molecular flexibility index (Phi) is 8.40. The van der Waals surface area contributed by atoms with Crippen LogP contribution in [0.1, 0.15) is 61.8 Å². The first kappa shape index (κ1) is 25.8. The molecule has 0 unspecified atom stereocenters. The average molecular weight is 432 g/mol. The largest absolute Gasteiger partial charge is 1.00 e. The van der Waals surface area contributed by atoms with Gasteiger partial charge in [0.15, 0.2) is 6.21 Å². The number of benzene rings is 3. The van der Waals surface area contributed by atoms with Gasteiger partial charge in [-0.05, 0) is 41.2 Å². The number of nitrogens with one attached hydrogen (secondary N) is 1. The monoisotopic (exact) mass is 432 g/mol. The molecule has 32 heavy (non-hydrogen) atoms. The molecule has 0 bridgehead atoms. The van der Waals surface area contributed by atoms with Crippen LogP contribution in [-0.4, -0.2) is 6.21 Å². The van der Waals surface area contributed by atoms with Crippen molar-refractivity contribution in [3.63, 3.8) is 0 Å². The fraction of sp³-hybridized carbons (Fsp3) is 0.269. The summed E-state index contributed by atoms with van der Waals surface area (Å²) in [5.41, 5.74) is 4.30. The van der Waals surface area contributed by atoms with E-state index in [1.807, 2.05) is 6.07 Å². The van der Waals surface area contributed by atoms with Crippen LogP contribution in [0.3, 0.4) is 0 Å². The molecule has 0 radical (unpaired) electrons. The van der Waals surface area contributed by atoms with Crippen LogP contribution in [0.5, 0.6) is 5.75 Å². The quantitative estimate of drug-likeness (QED) is 0.488. The predicted octanol–water partition coefficient (Wildman–Crippen LogP) is 2.53. The third-order valence-electron chi connectivity index (χ3n) is 5.30. The first-order valence-corrected chi connectivity index (χ1v) is 10.3. The van der Waals surface area contributed by atoms with E-state index in [9.17, 15) is 18.3 Å². The van der Waals surface area contributed by atoms with Crippen LogP contribution in [0.25, 0.3) is 11.1 Å². The summed E-state index contributed by atoms with van der Waals surface area (Å²) in [6.45, 7) is 8.51. The minimum absolute atomic E-state index is 0. The maximum absolute atomic E-state index is 12.8. The molecule has 0 aliphatic rings. The summed E-state index contributed by atoms with van der Waals surface area (Å²) in [6.07, 6.45) is -2.68. The van der Waals surface area contributed by atoms with Gasteiger partial charge in [0.2, 0.25) is 5.69 Å². The third kappa shape index (κ3) is 5.85. The van der Waals surface area contributed by atoms with Crippen molar-refractivity contribution in [1.29, 1.82) is 0 Å². The molecular weight excluding hydrogens is 406 g/mol. The number of rotatable bonds is 5. The Hall–Kier alpha value is -2.48. The molecule has 1 N–H and O–H groups in total. The van der Waals surface area contributed by atoms with Crippen LogP contribution in [0.15, 0.2) is 60.7 Å². The van der Waals surface area contributed by atoms with Crippen LogP contribution in [-0.2, 0) is 6.18 Å². The zero-order valence-electron chi connectivity index (χ0n) is 19.0. The smallest absolute Gasteiger partial charge is 0.872 e. The van der Waals surface area contributed by atoms with Gasteiger partial charge in [0.1, 0.15) is 0 Å². The number of halogens is 3. The molecule has 162 valence electrons. The first-order valence-electron chi connectivity index (χ1n) is 10.3. The van der Waals surface area contributed by atoms with Crippen molar-refractivity contribution in [3.8, 4) is 16.9 Å². The van der Waals surface area contributed by atoms with E-state index in [2.05, 4.69) is 44.8 Å². The second-order valence-electron chi connectivity index (χ2n) is 8.24. The SMILES string of the molecule is CC(C)c1cccc(C(C)C)c1[NH+]=Cc1ccc(-c2ccc(C(F)(F)F)cc2)cc1[O-].[Li+]. The summed E-state index contributed by atoms with van der Waals surface area (Å²) < 4.78 is 38.3. The van der Waals surface area contributed by atoms with Crippen molar-refractivity contribution in [2.45, 2.75) is 45.7 Å². The minimum atomic E-state index is -4.38. The van der Waals surface area contributed by atoms with Gasteiger partial charge in [-0.25, -0.2) is 4.99 Å². The zero-order chi connectivity index (χ0) is 22.8. The topological polar surface area (TPSA) is 37.0 Å². The molecule has 0 aliphatic carbocycles. The van der Waals surface area contributed by atoms with Gasteiger partial charge in [0, 0.05) is 16.7 Å². The molecule has 0 spiro atoms. The first-order chi connectivity index (χ1) is 14.6. The van der Waals surface area contributed by atoms with E-state index in [4.69, 9.17) is 0 Å². The van der Waals surface area contributed by atoms with E-state index in [1.165, 1.54) is 29.3 Å². The summed E-state index contributed by atoms with van der Waals surface area (Å²) in [5, 5.41) is 12.6. The molecule has 3 aromatic carbocycles. The Labute approximate surface area is 199 Å². The number of para-hydroxylation sites is 1. The van der Waals surface area contributed by atoms with Crippen molar-refractivity contribution in [2.24, 2.45) is 0 Å². The second kappa shape index (κ2) is 10.4. The summed E-state index contributed by atoms with van der Waals surface area (Å²) >= 11 is 0. The van der Waals surface area contributed by atoms with Crippen molar-refractivity contribution >= 4 is 11.9 Å². The van der Waals surface area contributed by atoms with E-state index >= 15 is 0 Å². The number of hydrogen-bond donors (Lipinski definition) is 1. The van der Waals surface area contributed by atoms with E-state index in [-0.39, 0.29) is 24.6 Å². The van der Waals surface area contributed by atoms with Gasteiger partial charge in [-0.1, -0.05) is 75.9 Å². The molecule has 0 heterocycles. The Morgan fingerprint density at radius 2 is 1.34 bits per heavy atom. The Balaban J connectivity index is 0.00000363. The molecule has 0 saturated heterocycles. The molecule has 3 rings (SSSR count). The molecule has 0 amide bonds. The summed E-state index contributed by atoms with van der Waals surface area (Å²) in [6, 6.07) is 15.9. The normalized spacial score (nSPS) is 11.9. The summed E-state index contributed by atoms with van der Waals surface area (Å²) in [7, 11) is 0. The molecule has 2 nitrogen and oxygen atoms in total. The number of hydrogen-bond acceptors (Lipinski definition) is 1. The average Bonchev–Trinajstić information content (AvgIpc) is 2.71. The van der Waals surface area contributed by atoms with Gasteiger partial charge in [-0.3, -0.25) is 0 Å². The van der Waals surface area contributed by atoms with E-state index in [0.29, 0.717) is 28.5 Å². The van der Waals surface area contributed by atoms with Gasteiger partial charge in [0.25, 0.3) is 0 Å². The minimum Gasteiger partial charge on any atom is -0.872 e. The predicted molar refractivity (Wildman–Crippen MR) is 117 cm³/mol. The molecule has 3 aromatic rings. The van der Waals surface area contributed by atoms with Crippen molar-refractivity contribution < 1.29 is 42.1 Å². The number of alkyl halides is 3. The Morgan fingerprint density at radius 1 is 0.812 bits per heavy atom. The summed E-state index contributed by atoms with van der Waals surface area (Å²) in [4.78, 5) is 3.33. The van der Waals surface area contributed by atoms with Gasteiger partial charge < -0.3 is 5.11 Å². The fourth-order valence-electron chi connectivity index (χ4n) is 3.55. The van der Waals surface area contributed by atoms with Crippen LogP contribution >= 0.6 is 0 Å². The Morgan fingerprint density at radius 3 is 1.81 bits per heavy atom. The van der Waals surface area contributed by atoms with Gasteiger partial charge in [0.05, 0.1) is 5.56 Å². The van der Waals surface area contributed by atoms with Crippen LogP contribution in [0.4, 0.5) is 18.9 Å².